The molecule has 16 heavy (non-hydrogen) atoms. The average Bonchev–Trinajstić information content (AvgIpc) is 2.58. The number of allylic oxidation sites excluding steroid dienone is 1. The Balaban J connectivity index is 2.10. The molecule has 1 aromatic carbocycles. The Morgan fingerprint density at radius 1 is 1.56 bits per heavy atom. The summed E-state index contributed by atoms with van der Waals surface area (Å²) in [6, 6.07) is 5.71. The number of nitrogen functional groups attached to an aromatic ring is 1. The van der Waals surface area contributed by atoms with E-state index in [9.17, 15) is 0 Å². The summed E-state index contributed by atoms with van der Waals surface area (Å²) in [6.45, 7) is 5.92. The lowest BCUT2D eigenvalue weighted by Crippen LogP contribution is -1.82. The van der Waals surface area contributed by atoms with E-state index in [4.69, 9.17) is 5.73 Å². The zero-order valence-electron chi connectivity index (χ0n) is 9.29. The van der Waals surface area contributed by atoms with Crippen molar-refractivity contribution in [1.82, 2.24) is 9.97 Å². The summed E-state index contributed by atoms with van der Waals surface area (Å²) < 4.78 is 0. The van der Waals surface area contributed by atoms with Crippen LogP contribution in [0.15, 0.2) is 35.5 Å². The van der Waals surface area contributed by atoms with E-state index >= 15 is 0 Å². The molecule has 0 aliphatic carbocycles. The summed E-state index contributed by atoms with van der Waals surface area (Å²) in [6.07, 6.45) is 1.02. The molecule has 0 spiro atoms. The van der Waals surface area contributed by atoms with Gasteiger partial charge in [0.1, 0.15) is 0 Å². The molecule has 1 aromatic heterocycles. The van der Waals surface area contributed by atoms with Gasteiger partial charge in [-0.1, -0.05) is 17.3 Å². The number of aromatic nitrogens is 2. The van der Waals surface area contributed by atoms with Gasteiger partial charge in [0, 0.05) is 11.4 Å². The number of thioether (sulfide) groups is 1. The van der Waals surface area contributed by atoms with Gasteiger partial charge in [-0.3, -0.25) is 0 Å². The number of hydrogen-bond donors (Lipinski definition) is 2. The van der Waals surface area contributed by atoms with Crippen molar-refractivity contribution in [3.05, 3.63) is 30.4 Å². The lowest BCUT2D eigenvalue weighted by Gasteiger charge is -1.96. The first kappa shape index (κ1) is 11.1. The standard InChI is InChI=1S/C12H15N3S/c1-8(2)5-6-16-12-14-10-4-3-9(13)7-11(10)15-12/h3-4,7H,1,5-6,13H2,2H3,(H,14,15). The first-order chi connectivity index (χ1) is 7.65. The van der Waals surface area contributed by atoms with Gasteiger partial charge in [-0.05, 0) is 31.5 Å². The van der Waals surface area contributed by atoms with E-state index in [1.807, 2.05) is 25.1 Å². The van der Waals surface area contributed by atoms with Crippen LogP contribution in [0.5, 0.6) is 0 Å². The van der Waals surface area contributed by atoms with E-state index in [2.05, 4.69) is 16.5 Å². The number of H-pyrrole nitrogens is 1. The fraction of sp³-hybridized carbons (Fsp3) is 0.250. The molecule has 0 saturated heterocycles. The SMILES string of the molecule is C=C(C)CCSc1nc2ccc(N)cc2[nH]1. The number of nitrogens with two attached hydrogens (primary N) is 1. The van der Waals surface area contributed by atoms with E-state index in [1.54, 1.807) is 11.8 Å². The second kappa shape index (κ2) is 4.61. The van der Waals surface area contributed by atoms with Crippen molar-refractivity contribution in [1.29, 1.82) is 0 Å². The molecule has 3 nitrogen and oxygen atoms in total. The number of aromatic amines is 1. The Labute approximate surface area is 99.1 Å². The van der Waals surface area contributed by atoms with E-state index < -0.39 is 0 Å². The predicted molar refractivity (Wildman–Crippen MR) is 70.7 cm³/mol. The van der Waals surface area contributed by atoms with Gasteiger partial charge in [0.05, 0.1) is 11.0 Å². The van der Waals surface area contributed by atoms with Crippen molar-refractivity contribution in [3.63, 3.8) is 0 Å². The third-order valence-corrected chi connectivity index (χ3v) is 3.13. The molecule has 2 rings (SSSR count). The Kier molecular flexibility index (Phi) is 3.19. The number of nitrogens with one attached hydrogen (secondary N) is 1. The smallest absolute Gasteiger partial charge is 0.166 e. The number of benzene rings is 1. The van der Waals surface area contributed by atoms with Crippen molar-refractivity contribution in [2.75, 3.05) is 11.5 Å². The number of fused-ring (bicyclic) bond motifs is 1. The Morgan fingerprint density at radius 3 is 3.12 bits per heavy atom. The molecular formula is C12H15N3S. The number of hydrogen-bond acceptors (Lipinski definition) is 3. The number of nitrogens with zero attached hydrogens (tertiary/aromatic N) is 1. The maximum Gasteiger partial charge on any atom is 0.166 e. The van der Waals surface area contributed by atoms with Crippen LogP contribution in [0.4, 0.5) is 5.69 Å². The van der Waals surface area contributed by atoms with E-state index in [1.165, 1.54) is 5.57 Å². The fourth-order valence-corrected chi connectivity index (χ4v) is 2.38. The van der Waals surface area contributed by atoms with Gasteiger partial charge < -0.3 is 10.7 Å². The van der Waals surface area contributed by atoms with Crippen LogP contribution in [-0.4, -0.2) is 15.7 Å². The highest BCUT2D eigenvalue weighted by atomic mass is 32.2. The van der Waals surface area contributed by atoms with Gasteiger partial charge in [0.15, 0.2) is 5.16 Å². The normalized spacial score (nSPS) is 10.8. The molecule has 0 amide bonds. The highest BCUT2D eigenvalue weighted by Crippen LogP contribution is 2.22. The lowest BCUT2D eigenvalue weighted by atomic mass is 10.3. The van der Waals surface area contributed by atoms with Crippen LogP contribution in [0.25, 0.3) is 11.0 Å². The second-order valence-corrected chi connectivity index (χ2v) is 4.96. The van der Waals surface area contributed by atoms with Crippen molar-refractivity contribution in [2.24, 2.45) is 0 Å². The molecule has 84 valence electrons. The van der Waals surface area contributed by atoms with Crippen molar-refractivity contribution >= 4 is 28.5 Å². The molecular weight excluding hydrogens is 218 g/mol. The number of imidazole rings is 1. The Morgan fingerprint density at radius 2 is 2.38 bits per heavy atom. The van der Waals surface area contributed by atoms with E-state index in [0.29, 0.717) is 0 Å². The maximum atomic E-state index is 5.71. The summed E-state index contributed by atoms with van der Waals surface area (Å²) in [5.74, 6) is 1.00. The van der Waals surface area contributed by atoms with E-state index in [-0.39, 0.29) is 0 Å². The molecule has 1 heterocycles. The molecule has 0 fully saturated rings. The van der Waals surface area contributed by atoms with Crippen LogP contribution >= 0.6 is 11.8 Å². The van der Waals surface area contributed by atoms with Crippen LogP contribution in [0.3, 0.4) is 0 Å². The van der Waals surface area contributed by atoms with Crippen molar-refractivity contribution in [2.45, 2.75) is 18.5 Å². The molecule has 0 saturated carbocycles. The highest BCUT2D eigenvalue weighted by molar-refractivity contribution is 7.99. The summed E-state index contributed by atoms with van der Waals surface area (Å²) >= 11 is 1.71. The largest absolute Gasteiger partial charge is 0.399 e. The zero-order chi connectivity index (χ0) is 11.5. The molecule has 2 aromatic rings. The maximum absolute atomic E-state index is 5.71. The summed E-state index contributed by atoms with van der Waals surface area (Å²) in [5.41, 5.74) is 9.63. The van der Waals surface area contributed by atoms with Gasteiger partial charge >= 0.3 is 0 Å². The molecule has 4 heteroatoms. The van der Waals surface area contributed by atoms with E-state index in [0.717, 1.165) is 34.1 Å². The highest BCUT2D eigenvalue weighted by Gasteiger charge is 2.03. The van der Waals surface area contributed by atoms with Gasteiger partial charge in [0.25, 0.3) is 0 Å². The molecule has 0 unspecified atom stereocenters. The van der Waals surface area contributed by atoms with Crippen LogP contribution in [-0.2, 0) is 0 Å². The Bertz CT molecular complexity index is 516. The first-order valence-electron chi connectivity index (χ1n) is 5.17. The molecule has 0 radical (unpaired) electrons. The minimum Gasteiger partial charge on any atom is -0.399 e. The lowest BCUT2D eigenvalue weighted by molar-refractivity contribution is 1.06. The molecule has 0 aliphatic heterocycles. The van der Waals surface area contributed by atoms with Gasteiger partial charge in [-0.2, -0.15) is 0 Å². The van der Waals surface area contributed by atoms with Crippen LogP contribution in [0.2, 0.25) is 0 Å². The summed E-state index contributed by atoms with van der Waals surface area (Å²) in [7, 11) is 0. The number of anilines is 1. The first-order valence-corrected chi connectivity index (χ1v) is 6.16. The molecule has 0 bridgehead atoms. The third-order valence-electron chi connectivity index (χ3n) is 2.25. The zero-order valence-corrected chi connectivity index (χ0v) is 10.1. The van der Waals surface area contributed by atoms with Crippen LogP contribution in [0.1, 0.15) is 13.3 Å². The topological polar surface area (TPSA) is 54.7 Å². The quantitative estimate of drug-likeness (QED) is 0.484. The third kappa shape index (κ3) is 2.58. The summed E-state index contributed by atoms with van der Waals surface area (Å²) in [5, 5.41) is 0.946. The summed E-state index contributed by atoms with van der Waals surface area (Å²) in [4.78, 5) is 7.73. The minimum absolute atomic E-state index is 0.759. The average molecular weight is 233 g/mol. The van der Waals surface area contributed by atoms with Crippen LogP contribution < -0.4 is 5.73 Å². The number of rotatable bonds is 4. The van der Waals surface area contributed by atoms with Gasteiger partial charge in [0.2, 0.25) is 0 Å². The van der Waals surface area contributed by atoms with Gasteiger partial charge in [-0.15, -0.1) is 6.58 Å². The minimum atomic E-state index is 0.759. The fourth-order valence-electron chi connectivity index (χ4n) is 1.39. The van der Waals surface area contributed by atoms with Gasteiger partial charge in [-0.25, -0.2) is 4.98 Å². The molecule has 0 atom stereocenters. The monoisotopic (exact) mass is 233 g/mol. The molecule has 0 aliphatic rings. The van der Waals surface area contributed by atoms with Crippen LogP contribution in [0, 0.1) is 0 Å². The predicted octanol–water partition coefficient (Wildman–Crippen LogP) is 3.20. The van der Waals surface area contributed by atoms with Crippen molar-refractivity contribution < 1.29 is 0 Å². The Hall–Kier alpha value is -1.42. The molecule has 3 N–H and O–H groups in total. The second-order valence-electron chi connectivity index (χ2n) is 3.87. The van der Waals surface area contributed by atoms with Crippen molar-refractivity contribution in [3.8, 4) is 0 Å².